The first-order valence-corrected chi connectivity index (χ1v) is 10.6. The second-order valence-corrected chi connectivity index (χ2v) is 8.15. The minimum Gasteiger partial charge on any atom is -0.373 e. The van der Waals surface area contributed by atoms with E-state index in [0.29, 0.717) is 5.92 Å². The predicted molar refractivity (Wildman–Crippen MR) is 128 cm³/mol. The Morgan fingerprint density at radius 3 is 2.71 bits per heavy atom. The Balaban J connectivity index is 0.00000280. The molecule has 0 bridgehead atoms. The third-order valence-electron chi connectivity index (χ3n) is 4.95. The summed E-state index contributed by atoms with van der Waals surface area (Å²) < 4.78 is 6.12. The van der Waals surface area contributed by atoms with Gasteiger partial charge in [0.15, 0.2) is 5.96 Å². The summed E-state index contributed by atoms with van der Waals surface area (Å²) >= 11 is 1.70. The molecule has 1 aliphatic rings. The lowest BCUT2D eigenvalue weighted by Crippen LogP contribution is -2.42. The molecular formula is C21H31IN4OS. The van der Waals surface area contributed by atoms with Crippen LogP contribution < -0.4 is 10.6 Å². The van der Waals surface area contributed by atoms with E-state index in [4.69, 9.17) is 4.74 Å². The lowest BCUT2D eigenvalue weighted by atomic mass is 9.89. The third-order valence-corrected chi connectivity index (χ3v) is 5.77. The molecule has 7 heteroatoms. The van der Waals surface area contributed by atoms with Gasteiger partial charge in [0, 0.05) is 44.5 Å². The SMILES string of the molecule is CN=C(NCCc1csc(C)n1)NCC1CCCOC1c1ccc(C)cc1.I. The van der Waals surface area contributed by atoms with Crippen LogP contribution >= 0.6 is 35.3 Å². The summed E-state index contributed by atoms with van der Waals surface area (Å²) in [5.74, 6) is 1.29. The van der Waals surface area contributed by atoms with Gasteiger partial charge in [0.1, 0.15) is 0 Å². The quantitative estimate of drug-likeness (QED) is 0.344. The molecule has 0 radical (unpaired) electrons. The van der Waals surface area contributed by atoms with Crippen LogP contribution in [0.1, 0.15) is 40.8 Å². The minimum atomic E-state index is 0. The number of benzene rings is 1. The molecule has 1 saturated heterocycles. The van der Waals surface area contributed by atoms with E-state index in [-0.39, 0.29) is 30.1 Å². The van der Waals surface area contributed by atoms with Gasteiger partial charge in [0.05, 0.1) is 16.8 Å². The van der Waals surface area contributed by atoms with Gasteiger partial charge >= 0.3 is 0 Å². The zero-order chi connectivity index (χ0) is 19.1. The van der Waals surface area contributed by atoms with Crippen molar-refractivity contribution in [1.82, 2.24) is 15.6 Å². The normalized spacial score (nSPS) is 19.8. The largest absolute Gasteiger partial charge is 0.373 e. The Hall–Kier alpha value is -1.19. The zero-order valence-corrected chi connectivity index (χ0v) is 20.1. The second kappa shape index (κ2) is 11.7. The average Bonchev–Trinajstić information content (AvgIpc) is 3.10. The molecule has 154 valence electrons. The molecule has 2 N–H and O–H groups in total. The summed E-state index contributed by atoms with van der Waals surface area (Å²) in [5, 5.41) is 10.1. The maximum atomic E-state index is 6.12. The number of thiazole rings is 1. The number of nitrogens with zero attached hydrogens (tertiary/aromatic N) is 2. The third kappa shape index (κ3) is 6.70. The lowest BCUT2D eigenvalue weighted by Gasteiger charge is -2.32. The van der Waals surface area contributed by atoms with Crippen molar-refractivity contribution in [2.75, 3.05) is 26.7 Å². The van der Waals surface area contributed by atoms with Crippen LogP contribution in [0.25, 0.3) is 0 Å². The average molecular weight is 514 g/mol. The number of hydrogen-bond donors (Lipinski definition) is 2. The molecule has 28 heavy (non-hydrogen) atoms. The van der Waals surface area contributed by atoms with Gasteiger partial charge in [-0.2, -0.15) is 0 Å². The van der Waals surface area contributed by atoms with E-state index in [9.17, 15) is 0 Å². The topological polar surface area (TPSA) is 58.5 Å². The highest BCUT2D eigenvalue weighted by atomic mass is 127. The first kappa shape index (κ1) is 23.1. The monoisotopic (exact) mass is 514 g/mol. The van der Waals surface area contributed by atoms with Gasteiger partial charge in [-0.3, -0.25) is 4.99 Å². The van der Waals surface area contributed by atoms with E-state index in [1.807, 2.05) is 14.0 Å². The van der Waals surface area contributed by atoms with Crippen molar-refractivity contribution in [3.63, 3.8) is 0 Å². The minimum absolute atomic E-state index is 0. The summed E-state index contributed by atoms with van der Waals surface area (Å²) in [4.78, 5) is 8.86. The van der Waals surface area contributed by atoms with Gasteiger partial charge in [-0.1, -0.05) is 29.8 Å². The van der Waals surface area contributed by atoms with Crippen LogP contribution in [0.2, 0.25) is 0 Å². The van der Waals surface area contributed by atoms with Crippen molar-refractivity contribution in [2.24, 2.45) is 10.9 Å². The number of guanidine groups is 1. The molecule has 1 aliphatic heterocycles. The molecule has 0 spiro atoms. The molecule has 0 aliphatic carbocycles. The van der Waals surface area contributed by atoms with Gasteiger partial charge in [-0.25, -0.2) is 4.98 Å². The molecule has 2 atom stereocenters. The van der Waals surface area contributed by atoms with Gasteiger partial charge < -0.3 is 15.4 Å². The predicted octanol–water partition coefficient (Wildman–Crippen LogP) is 4.25. The Morgan fingerprint density at radius 1 is 1.25 bits per heavy atom. The number of hydrogen-bond acceptors (Lipinski definition) is 4. The zero-order valence-electron chi connectivity index (χ0n) is 16.9. The van der Waals surface area contributed by atoms with E-state index in [0.717, 1.165) is 49.2 Å². The Kier molecular flexibility index (Phi) is 9.67. The molecule has 2 aromatic rings. The van der Waals surface area contributed by atoms with Crippen LogP contribution in [0.15, 0.2) is 34.6 Å². The maximum absolute atomic E-state index is 6.12. The lowest BCUT2D eigenvalue weighted by molar-refractivity contribution is -0.0265. The number of aryl methyl sites for hydroxylation is 2. The van der Waals surface area contributed by atoms with E-state index in [1.54, 1.807) is 11.3 Å². The molecule has 2 heterocycles. The highest BCUT2D eigenvalue weighted by Gasteiger charge is 2.27. The number of ether oxygens (including phenoxy) is 1. The number of aromatic nitrogens is 1. The molecule has 0 amide bonds. The number of nitrogens with one attached hydrogen (secondary N) is 2. The Morgan fingerprint density at radius 2 is 2.04 bits per heavy atom. The molecule has 5 nitrogen and oxygen atoms in total. The van der Waals surface area contributed by atoms with Crippen LogP contribution in [0.4, 0.5) is 0 Å². The summed E-state index contributed by atoms with van der Waals surface area (Å²) in [6.07, 6.45) is 3.34. The second-order valence-electron chi connectivity index (χ2n) is 7.09. The first-order valence-electron chi connectivity index (χ1n) is 9.69. The molecule has 2 unspecified atom stereocenters. The molecule has 1 aromatic carbocycles. The van der Waals surface area contributed by atoms with Crippen molar-refractivity contribution < 1.29 is 4.74 Å². The van der Waals surface area contributed by atoms with Crippen molar-refractivity contribution >= 4 is 41.3 Å². The van der Waals surface area contributed by atoms with E-state index in [2.05, 4.69) is 57.2 Å². The van der Waals surface area contributed by atoms with Gasteiger partial charge in [0.25, 0.3) is 0 Å². The number of halogens is 1. The summed E-state index contributed by atoms with van der Waals surface area (Å²) in [6.45, 7) is 6.68. The smallest absolute Gasteiger partial charge is 0.191 e. The van der Waals surface area contributed by atoms with Crippen molar-refractivity contribution in [1.29, 1.82) is 0 Å². The van der Waals surface area contributed by atoms with Gasteiger partial charge in [-0.15, -0.1) is 35.3 Å². The van der Waals surface area contributed by atoms with Crippen LogP contribution in [0, 0.1) is 19.8 Å². The first-order chi connectivity index (χ1) is 13.2. The van der Waals surface area contributed by atoms with Crippen molar-refractivity contribution in [2.45, 2.75) is 39.2 Å². The van der Waals surface area contributed by atoms with Crippen LogP contribution in [0.3, 0.4) is 0 Å². The van der Waals surface area contributed by atoms with Crippen LogP contribution in [-0.4, -0.2) is 37.7 Å². The molecular weight excluding hydrogens is 483 g/mol. The van der Waals surface area contributed by atoms with Gasteiger partial charge in [-0.05, 0) is 32.3 Å². The molecule has 3 rings (SSSR count). The highest BCUT2D eigenvalue weighted by molar-refractivity contribution is 14.0. The summed E-state index contributed by atoms with van der Waals surface area (Å²) in [7, 11) is 1.82. The summed E-state index contributed by atoms with van der Waals surface area (Å²) in [6, 6.07) is 8.72. The maximum Gasteiger partial charge on any atom is 0.191 e. The van der Waals surface area contributed by atoms with Crippen molar-refractivity contribution in [3.05, 3.63) is 51.5 Å². The molecule has 0 saturated carbocycles. The molecule has 1 fully saturated rings. The van der Waals surface area contributed by atoms with E-state index < -0.39 is 0 Å². The van der Waals surface area contributed by atoms with E-state index in [1.165, 1.54) is 17.5 Å². The Labute approximate surface area is 189 Å². The van der Waals surface area contributed by atoms with E-state index >= 15 is 0 Å². The van der Waals surface area contributed by atoms with Crippen LogP contribution in [0.5, 0.6) is 0 Å². The number of aliphatic imine (C=N–C) groups is 1. The Bertz CT molecular complexity index is 747. The summed E-state index contributed by atoms with van der Waals surface area (Å²) in [5.41, 5.74) is 3.69. The highest BCUT2D eigenvalue weighted by Crippen LogP contribution is 2.33. The molecule has 1 aromatic heterocycles. The number of rotatable bonds is 6. The van der Waals surface area contributed by atoms with Crippen LogP contribution in [-0.2, 0) is 11.2 Å². The van der Waals surface area contributed by atoms with Crippen molar-refractivity contribution in [3.8, 4) is 0 Å². The standard InChI is InChI=1S/C21H30N4OS.HI/c1-15-6-8-17(9-7-15)20-18(5-4-12-26-20)13-24-21(22-3)23-11-10-19-14-27-16(2)25-19;/h6-9,14,18,20H,4-5,10-13H2,1-3H3,(H2,22,23,24);1H. The van der Waals surface area contributed by atoms with Gasteiger partial charge in [0.2, 0.25) is 0 Å². The fourth-order valence-corrected chi connectivity index (χ4v) is 4.10. The fourth-order valence-electron chi connectivity index (χ4n) is 3.46. The fraction of sp³-hybridized carbons (Fsp3) is 0.524.